The van der Waals surface area contributed by atoms with E-state index in [0.29, 0.717) is 19.3 Å². The topological polar surface area (TPSA) is 175 Å². The molecule has 1 rings (SSSR count). The van der Waals surface area contributed by atoms with Crippen molar-refractivity contribution >= 4 is 23.9 Å². The van der Waals surface area contributed by atoms with Crippen LogP contribution in [0.15, 0.2) is 48.6 Å². The monoisotopic (exact) mass is 1090 g/mol. The maximum absolute atomic E-state index is 13.2. The van der Waals surface area contributed by atoms with E-state index in [0.717, 1.165) is 96.3 Å². The number of ether oxygens (including phenoxy) is 5. The molecule has 0 bridgehead atoms. The molecule has 0 aromatic carbocycles. The van der Waals surface area contributed by atoms with E-state index in [4.69, 9.17) is 23.7 Å². The van der Waals surface area contributed by atoms with E-state index in [2.05, 4.69) is 69.4 Å². The third kappa shape index (κ3) is 43.2. The first-order chi connectivity index (χ1) is 37.6. The van der Waals surface area contributed by atoms with E-state index in [1.807, 2.05) is 0 Å². The molecule has 0 amide bonds. The van der Waals surface area contributed by atoms with Gasteiger partial charge in [0.15, 0.2) is 24.6 Å². The summed E-state index contributed by atoms with van der Waals surface area (Å²) >= 11 is 0. The lowest BCUT2D eigenvalue weighted by Gasteiger charge is -2.40. The largest absolute Gasteiger partial charge is 0.479 e. The number of allylic oxidation sites excluding steroid dienone is 8. The van der Waals surface area contributed by atoms with Crippen molar-refractivity contribution in [1.82, 2.24) is 0 Å². The maximum atomic E-state index is 13.2. The Balaban J connectivity index is 2.63. The summed E-state index contributed by atoms with van der Waals surface area (Å²) in [6.07, 6.45) is 52.3. The second kappa shape index (κ2) is 53.3. The Kier molecular flexibility index (Phi) is 49.7. The van der Waals surface area contributed by atoms with Gasteiger partial charge >= 0.3 is 23.9 Å². The van der Waals surface area contributed by atoms with Crippen molar-refractivity contribution < 1.29 is 58.2 Å². The van der Waals surface area contributed by atoms with Gasteiger partial charge in [-0.3, -0.25) is 14.4 Å². The van der Waals surface area contributed by atoms with Gasteiger partial charge in [-0.15, -0.1) is 0 Å². The number of carbonyl (C=O) groups excluding carboxylic acids is 3. The van der Waals surface area contributed by atoms with Crippen LogP contribution >= 0.6 is 0 Å². The van der Waals surface area contributed by atoms with Crippen LogP contribution < -0.4 is 0 Å². The van der Waals surface area contributed by atoms with Crippen molar-refractivity contribution in [2.45, 2.75) is 327 Å². The van der Waals surface area contributed by atoms with E-state index < -0.39 is 67.3 Å². The van der Waals surface area contributed by atoms with E-state index in [1.165, 1.54) is 135 Å². The van der Waals surface area contributed by atoms with Gasteiger partial charge in [-0.05, 0) is 83.5 Å². The molecule has 12 heteroatoms. The second-order valence-electron chi connectivity index (χ2n) is 21.7. The standard InChI is InChI=1S/C65H114O12/c1-4-7-10-13-16-19-21-23-25-27-29-31-33-35-37-40-42-45-48-51-57(66)73-54-56(75-58(67)52-49-46-44-41-38-36-34-32-30-28-26-24-22-20-17-14-11-8-5-2)55-74-65-63(61(70)60(69)62(77-65)64(71)72)76-59(68)53-50-47-43-39-18-15-12-9-6-3/h16,19,23-26,29,31,56,60-63,65,69-70H,4-15,17-18,20-22,27-28,30,32-55H2,1-3H3,(H,71,72)/b19-16-,25-23-,26-24-,31-29-. The average molecular weight is 1090 g/mol. The smallest absolute Gasteiger partial charge is 0.335 e. The lowest BCUT2D eigenvalue weighted by Crippen LogP contribution is -2.61. The van der Waals surface area contributed by atoms with Gasteiger partial charge < -0.3 is 39.0 Å². The van der Waals surface area contributed by atoms with E-state index >= 15 is 0 Å². The quantitative estimate of drug-likeness (QED) is 0.0228. The Labute approximate surface area is 469 Å². The maximum Gasteiger partial charge on any atom is 0.335 e. The van der Waals surface area contributed by atoms with Crippen LogP contribution in [0.1, 0.15) is 290 Å². The highest BCUT2D eigenvalue weighted by Crippen LogP contribution is 2.27. The molecular weight excluding hydrogens is 973 g/mol. The van der Waals surface area contributed by atoms with Crippen molar-refractivity contribution in [3.8, 4) is 0 Å². The zero-order chi connectivity index (χ0) is 56.1. The minimum Gasteiger partial charge on any atom is -0.479 e. The molecule has 1 heterocycles. The first kappa shape index (κ1) is 71.7. The second-order valence-corrected chi connectivity index (χ2v) is 21.7. The highest BCUT2D eigenvalue weighted by molar-refractivity contribution is 5.74. The number of hydrogen-bond acceptors (Lipinski definition) is 11. The first-order valence-electron chi connectivity index (χ1n) is 31.6. The van der Waals surface area contributed by atoms with Crippen LogP contribution in [0.25, 0.3) is 0 Å². The van der Waals surface area contributed by atoms with Gasteiger partial charge in [0.05, 0.1) is 6.61 Å². The summed E-state index contributed by atoms with van der Waals surface area (Å²) < 4.78 is 28.4. The minimum atomic E-state index is -1.90. The molecular formula is C65H114O12. The van der Waals surface area contributed by atoms with E-state index in [1.54, 1.807) is 0 Å². The molecule has 0 spiro atoms. The van der Waals surface area contributed by atoms with E-state index in [9.17, 15) is 34.5 Å². The summed E-state index contributed by atoms with van der Waals surface area (Å²) in [6.45, 7) is 5.94. The van der Waals surface area contributed by atoms with Crippen molar-refractivity contribution in [3.05, 3.63) is 48.6 Å². The number of carboxylic acid groups (broad SMARTS) is 1. The molecule has 0 saturated carbocycles. The first-order valence-corrected chi connectivity index (χ1v) is 31.6. The van der Waals surface area contributed by atoms with Crippen LogP contribution in [0, 0.1) is 0 Å². The van der Waals surface area contributed by atoms with Crippen LogP contribution in [0.4, 0.5) is 0 Å². The Morgan fingerprint density at radius 1 is 0.429 bits per heavy atom. The van der Waals surface area contributed by atoms with Crippen molar-refractivity contribution in [2.24, 2.45) is 0 Å². The number of aliphatic hydroxyl groups excluding tert-OH is 2. The molecule has 6 atom stereocenters. The highest BCUT2D eigenvalue weighted by Gasteiger charge is 2.50. The van der Waals surface area contributed by atoms with Crippen molar-refractivity contribution in [3.63, 3.8) is 0 Å². The van der Waals surface area contributed by atoms with Gasteiger partial charge in [0.2, 0.25) is 0 Å². The zero-order valence-electron chi connectivity index (χ0n) is 49.2. The van der Waals surface area contributed by atoms with Crippen LogP contribution in [0.5, 0.6) is 0 Å². The number of aliphatic carboxylic acids is 1. The minimum absolute atomic E-state index is 0.0613. The Hall–Kier alpha value is -3.32. The Morgan fingerprint density at radius 2 is 0.779 bits per heavy atom. The molecule has 6 unspecified atom stereocenters. The van der Waals surface area contributed by atoms with Gasteiger partial charge in [-0.25, -0.2) is 4.79 Å². The molecule has 1 fully saturated rings. The summed E-state index contributed by atoms with van der Waals surface area (Å²) in [5, 5.41) is 31.4. The average Bonchev–Trinajstić information content (AvgIpc) is 3.42. The molecule has 0 aromatic rings. The fraction of sp³-hybridized carbons (Fsp3) is 0.815. The Morgan fingerprint density at radius 3 is 1.22 bits per heavy atom. The van der Waals surface area contributed by atoms with Gasteiger partial charge in [-0.2, -0.15) is 0 Å². The normalized spacial score (nSPS) is 18.3. The molecule has 1 saturated heterocycles. The molecule has 0 radical (unpaired) electrons. The van der Waals surface area contributed by atoms with Crippen molar-refractivity contribution in [2.75, 3.05) is 13.2 Å². The molecule has 446 valence electrons. The summed E-state index contributed by atoms with van der Waals surface area (Å²) in [7, 11) is 0. The molecule has 12 nitrogen and oxygen atoms in total. The molecule has 1 aliphatic rings. The SMILES string of the molecule is CCCCC/C=C\C/C=C\C/C=C\CCCCCCCCC(=O)OCC(COC1OC(C(=O)O)C(O)C(O)C1OC(=O)CCCCCCCCCCC)OC(=O)CCCCCCCCCCC/C=C\CCCCCCCC. The number of esters is 3. The van der Waals surface area contributed by atoms with Gasteiger partial charge in [0, 0.05) is 19.3 Å². The van der Waals surface area contributed by atoms with Gasteiger partial charge in [0.1, 0.15) is 18.8 Å². The summed E-state index contributed by atoms with van der Waals surface area (Å²) in [6, 6.07) is 0. The summed E-state index contributed by atoms with van der Waals surface area (Å²) in [5.74, 6) is -3.12. The predicted octanol–water partition coefficient (Wildman–Crippen LogP) is 16.6. The predicted molar refractivity (Wildman–Crippen MR) is 312 cm³/mol. The lowest BCUT2D eigenvalue weighted by atomic mass is 9.98. The fourth-order valence-corrected chi connectivity index (χ4v) is 9.49. The van der Waals surface area contributed by atoms with Crippen LogP contribution in [-0.2, 0) is 42.9 Å². The number of carboxylic acids is 1. The highest BCUT2D eigenvalue weighted by atomic mass is 16.7. The van der Waals surface area contributed by atoms with Crippen LogP contribution in [0.3, 0.4) is 0 Å². The van der Waals surface area contributed by atoms with Gasteiger partial charge in [0.25, 0.3) is 0 Å². The number of hydrogen-bond donors (Lipinski definition) is 3. The number of rotatable bonds is 54. The van der Waals surface area contributed by atoms with E-state index in [-0.39, 0.29) is 25.9 Å². The number of aliphatic hydroxyl groups is 2. The molecule has 0 aromatic heterocycles. The number of carbonyl (C=O) groups is 4. The molecule has 3 N–H and O–H groups in total. The lowest BCUT2D eigenvalue weighted by molar-refractivity contribution is -0.301. The summed E-state index contributed by atoms with van der Waals surface area (Å²) in [4.78, 5) is 51.1. The van der Waals surface area contributed by atoms with Crippen molar-refractivity contribution in [1.29, 1.82) is 0 Å². The fourth-order valence-electron chi connectivity index (χ4n) is 9.49. The van der Waals surface area contributed by atoms with Crippen LogP contribution in [0.2, 0.25) is 0 Å². The molecule has 0 aliphatic carbocycles. The summed E-state index contributed by atoms with van der Waals surface area (Å²) in [5.41, 5.74) is 0. The molecule has 77 heavy (non-hydrogen) atoms. The third-order valence-corrected chi connectivity index (χ3v) is 14.4. The zero-order valence-corrected chi connectivity index (χ0v) is 49.2. The Bertz CT molecular complexity index is 1520. The molecule has 1 aliphatic heterocycles. The van der Waals surface area contributed by atoms with Gasteiger partial charge in [-0.1, -0.05) is 236 Å². The number of unbranched alkanes of at least 4 members (excludes halogenated alkanes) is 32. The third-order valence-electron chi connectivity index (χ3n) is 14.4. The van der Waals surface area contributed by atoms with Crippen LogP contribution in [-0.4, -0.2) is 89.2 Å².